The number of aliphatic hydroxyl groups excluding tert-OH is 1. The minimum absolute atomic E-state index is 0.00482. The maximum atomic E-state index is 13.1. The van der Waals surface area contributed by atoms with Crippen molar-refractivity contribution in [2.45, 2.75) is 31.7 Å². The number of rotatable bonds is 6. The molecule has 116 valence electrons. The lowest BCUT2D eigenvalue weighted by Gasteiger charge is -2.23. The Bertz CT molecular complexity index is 499. The van der Waals surface area contributed by atoms with Gasteiger partial charge in [0.1, 0.15) is 5.82 Å². The van der Waals surface area contributed by atoms with Crippen LogP contribution in [0.2, 0.25) is 5.02 Å². The standard InChI is InChI=1S/C15H20ClFN2O2/c16-13-9-11(5-6-14(13)17)18-15(21)10-19-7-1-3-12(19)4-2-8-20/h5-6,9,12,20H,1-4,7-8,10H2,(H,18,21). The number of aliphatic hydroxyl groups is 1. The van der Waals surface area contributed by atoms with E-state index in [1.54, 1.807) is 0 Å². The molecular weight excluding hydrogens is 295 g/mol. The van der Waals surface area contributed by atoms with Crippen LogP contribution in [0.5, 0.6) is 0 Å². The van der Waals surface area contributed by atoms with Crippen molar-refractivity contribution in [2.24, 2.45) is 0 Å². The Hall–Kier alpha value is -1.17. The zero-order valence-corrected chi connectivity index (χ0v) is 12.6. The normalized spacial score (nSPS) is 18.9. The number of anilines is 1. The molecule has 1 aliphatic rings. The summed E-state index contributed by atoms with van der Waals surface area (Å²) in [4.78, 5) is 14.2. The first-order chi connectivity index (χ1) is 10.1. The summed E-state index contributed by atoms with van der Waals surface area (Å²) in [6, 6.07) is 4.49. The molecule has 0 bridgehead atoms. The molecule has 0 saturated carbocycles. The van der Waals surface area contributed by atoms with Crippen LogP contribution in [0.3, 0.4) is 0 Å². The van der Waals surface area contributed by atoms with Crippen molar-refractivity contribution in [3.63, 3.8) is 0 Å². The SMILES string of the molecule is O=C(CN1CCCC1CCCO)Nc1ccc(F)c(Cl)c1. The minimum Gasteiger partial charge on any atom is -0.396 e. The maximum Gasteiger partial charge on any atom is 0.238 e. The lowest BCUT2D eigenvalue weighted by Crippen LogP contribution is -2.36. The fraction of sp³-hybridized carbons (Fsp3) is 0.533. The number of amides is 1. The van der Waals surface area contributed by atoms with Gasteiger partial charge in [-0.15, -0.1) is 0 Å². The van der Waals surface area contributed by atoms with E-state index in [2.05, 4.69) is 10.2 Å². The topological polar surface area (TPSA) is 52.6 Å². The molecule has 1 aromatic carbocycles. The number of hydrogen-bond acceptors (Lipinski definition) is 3. The quantitative estimate of drug-likeness (QED) is 0.849. The first-order valence-corrected chi connectivity index (χ1v) is 7.58. The minimum atomic E-state index is -0.502. The highest BCUT2D eigenvalue weighted by Crippen LogP contribution is 2.22. The van der Waals surface area contributed by atoms with Crippen molar-refractivity contribution >= 4 is 23.2 Å². The molecule has 1 heterocycles. The van der Waals surface area contributed by atoms with Gasteiger partial charge in [-0.1, -0.05) is 11.6 Å². The van der Waals surface area contributed by atoms with Gasteiger partial charge in [0.05, 0.1) is 11.6 Å². The van der Waals surface area contributed by atoms with Crippen molar-refractivity contribution in [3.8, 4) is 0 Å². The number of nitrogens with one attached hydrogen (secondary N) is 1. The molecule has 21 heavy (non-hydrogen) atoms. The van der Waals surface area contributed by atoms with Crippen LogP contribution in [0.1, 0.15) is 25.7 Å². The summed E-state index contributed by atoms with van der Waals surface area (Å²) in [7, 11) is 0. The Kier molecular flexibility index (Phi) is 5.96. The molecule has 0 aromatic heterocycles. The van der Waals surface area contributed by atoms with Crippen LogP contribution in [-0.4, -0.2) is 41.7 Å². The largest absolute Gasteiger partial charge is 0.396 e. The highest BCUT2D eigenvalue weighted by atomic mass is 35.5. The van der Waals surface area contributed by atoms with Crippen molar-refractivity contribution in [1.82, 2.24) is 4.90 Å². The Labute approximate surface area is 128 Å². The third kappa shape index (κ3) is 4.66. The number of carbonyl (C=O) groups excluding carboxylic acids is 1. The number of hydrogen-bond donors (Lipinski definition) is 2. The first-order valence-electron chi connectivity index (χ1n) is 7.20. The van der Waals surface area contributed by atoms with Crippen molar-refractivity contribution < 1.29 is 14.3 Å². The van der Waals surface area contributed by atoms with Crippen LogP contribution >= 0.6 is 11.6 Å². The van der Waals surface area contributed by atoms with Crippen LogP contribution in [0, 0.1) is 5.82 Å². The molecule has 0 spiro atoms. The van der Waals surface area contributed by atoms with Crippen LogP contribution < -0.4 is 5.32 Å². The van der Waals surface area contributed by atoms with Gasteiger partial charge in [-0.05, 0) is 50.4 Å². The third-order valence-corrected chi connectivity index (χ3v) is 4.03. The molecule has 1 atom stereocenters. The van der Waals surface area contributed by atoms with Crippen molar-refractivity contribution in [3.05, 3.63) is 29.0 Å². The van der Waals surface area contributed by atoms with Crippen molar-refractivity contribution in [2.75, 3.05) is 25.0 Å². The number of likely N-dealkylation sites (tertiary alicyclic amines) is 1. The summed E-state index contributed by atoms with van der Waals surface area (Å²) in [6.07, 6.45) is 3.81. The molecule has 1 amide bonds. The average molecular weight is 315 g/mol. The highest BCUT2D eigenvalue weighted by Gasteiger charge is 2.25. The molecule has 6 heteroatoms. The molecule has 1 unspecified atom stereocenters. The van der Waals surface area contributed by atoms with Gasteiger partial charge in [0.25, 0.3) is 0 Å². The maximum absolute atomic E-state index is 13.1. The van der Waals surface area contributed by atoms with Crippen molar-refractivity contribution in [1.29, 1.82) is 0 Å². The van der Waals surface area contributed by atoms with E-state index in [1.807, 2.05) is 0 Å². The molecule has 0 aliphatic carbocycles. The van der Waals surface area contributed by atoms with Gasteiger partial charge in [-0.25, -0.2) is 4.39 Å². The van der Waals surface area contributed by atoms with Gasteiger partial charge in [0.15, 0.2) is 0 Å². The van der Waals surface area contributed by atoms with E-state index in [1.165, 1.54) is 18.2 Å². The third-order valence-electron chi connectivity index (χ3n) is 3.74. The average Bonchev–Trinajstić information content (AvgIpc) is 2.87. The zero-order chi connectivity index (χ0) is 15.2. The predicted molar refractivity (Wildman–Crippen MR) is 81.0 cm³/mol. The summed E-state index contributed by atoms with van der Waals surface area (Å²) in [5.41, 5.74) is 0.498. The fourth-order valence-corrected chi connectivity index (χ4v) is 2.90. The predicted octanol–water partition coefficient (Wildman–Crippen LogP) is 2.65. The smallest absolute Gasteiger partial charge is 0.238 e. The zero-order valence-electron chi connectivity index (χ0n) is 11.8. The second-order valence-electron chi connectivity index (χ2n) is 5.31. The van der Waals surface area contributed by atoms with Crippen LogP contribution in [0.15, 0.2) is 18.2 Å². The monoisotopic (exact) mass is 314 g/mol. The summed E-state index contributed by atoms with van der Waals surface area (Å²) in [5, 5.41) is 11.6. The second-order valence-corrected chi connectivity index (χ2v) is 5.72. The Morgan fingerprint density at radius 3 is 3.05 bits per heavy atom. The van der Waals surface area contributed by atoms with Gasteiger partial charge >= 0.3 is 0 Å². The molecule has 2 N–H and O–H groups in total. The number of carbonyl (C=O) groups is 1. The van der Waals surface area contributed by atoms with E-state index >= 15 is 0 Å². The summed E-state index contributed by atoms with van der Waals surface area (Å²) in [5.74, 6) is -0.633. The molecule has 1 saturated heterocycles. The summed E-state index contributed by atoms with van der Waals surface area (Å²) < 4.78 is 13.1. The van der Waals surface area contributed by atoms with Gasteiger partial charge < -0.3 is 10.4 Å². The summed E-state index contributed by atoms with van der Waals surface area (Å²) in [6.45, 7) is 1.39. The Balaban J connectivity index is 1.87. The Morgan fingerprint density at radius 2 is 2.33 bits per heavy atom. The molecule has 2 rings (SSSR count). The van der Waals surface area contributed by atoms with Crippen LogP contribution in [0.25, 0.3) is 0 Å². The molecule has 4 nitrogen and oxygen atoms in total. The van der Waals surface area contributed by atoms with Gasteiger partial charge in [0.2, 0.25) is 5.91 Å². The van der Waals surface area contributed by atoms with E-state index in [-0.39, 0.29) is 17.5 Å². The number of benzene rings is 1. The number of nitrogens with zero attached hydrogens (tertiary/aromatic N) is 1. The fourth-order valence-electron chi connectivity index (χ4n) is 2.72. The lowest BCUT2D eigenvalue weighted by atomic mass is 10.1. The van der Waals surface area contributed by atoms with Crippen LogP contribution in [0.4, 0.5) is 10.1 Å². The molecule has 1 aromatic rings. The number of halogens is 2. The first kappa shape index (κ1) is 16.2. The second kappa shape index (κ2) is 7.73. The molecule has 1 fully saturated rings. The van der Waals surface area contributed by atoms with Gasteiger partial charge in [-0.3, -0.25) is 9.69 Å². The van der Waals surface area contributed by atoms with E-state index in [4.69, 9.17) is 16.7 Å². The highest BCUT2D eigenvalue weighted by molar-refractivity contribution is 6.31. The molecular formula is C15H20ClFN2O2. The lowest BCUT2D eigenvalue weighted by molar-refractivity contribution is -0.117. The van der Waals surface area contributed by atoms with E-state index in [0.717, 1.165) is 32.2 Å². The molecule has 1 aliphatic heterocycles. The van der Waals surface area contributed by atoms with Crippen LogP contribution in [-0.2, 0) is 4.79 Å². The molecule has 0 radical (unpaired) electrons. The summed E-state index contributed by atoms with van der Waals surface area (Å²) >= 11 is 5.69. The van der Waals surface area contributed by atoms with E-state index in [9.17, 15) is 9.18 Å². The van der Waals surface area contributed by atoms with E-state index < -0.39 is 5.82 Å². The van der Waals surface area contributed by atoms with E-state index in [0.29, 0.717) is 18.3 Å². The van der Waals surface area contributed by atoms with Gasteiger partial charge in [-0.2, -0.15) is 0 Å². The Morgan fingerprint density at radius 1 is 1.52 bits per heavy atom. The van der Waals surface area contributed by atoms with Gasteiger partial charge in [0, 0.05) is 18.3 Å².